The van der Waals surface area contributed by atoms with Gasteiger partial charge in [0.25, 0.3) is 0 Å². The van der Waals surface area contributed by atoms with Crippen molar-refractivity contribution in [3.63, 3.8) is 0 Å². The average Bonchev–Trinajstić information content (AvgIpc) is 2.19. The second-order valence-corrected chi connectivity index (χ2v) is 2.02. The van der Waals surface area contributed by atoms with Crippen molar-refractivity contribution in [3.8, 4) is 0 Å². The van der Waals surface area contributed by atoms with Gasteiger partial charge in [0.15, 0.2) is 0 Å². The summed E-state index contributed by atoms with van der Waals surface area (Å²) in [6.45, 7) is 0.757. The molecule has 1 heterocycles. The van der Waals surface area contributed by atoms with Gasteiger partial charge in [-0.25, -0.2) is 0 Å². The van der Waals surface area contributed by atoms with E-state index in [1.165, 1.54) is 5.57 Å². The minimum Gasteiger partial charge on any atom is -0.185 e. The molecule has 0 N–H and O–H groups in total. The molecule has 0 atom stereocenters. The summed E-state index contributed by atoms with van der Waals surface area (Å²) in [5.41, 5.74) is 1.24. The Hall–Kier alpha value is -0.370. The van der Waals surface area contributed by atoms with Gasteiger partial charge < -0.3 is 0 Å². The van der Waals surface area contributed by atoms with Gasteiger partial charge in [-0.15, -0.1) is 11.6 Å². The van der Waals surface area contributed by atoms with Gasteiger partial charge in [-0.05, 0) is 12.0 Å². The van der Waals surface area contributed by atoms with Gasteiger partial charge in [-0.1, -0.05) is 0 Å². The van der Waals surface area contributed by atoms with E-state index in [9.17, 15) is 0 Å². The number of rotatable bonds is 2. The van der Waals surface area contributed by atoms with Crippen LogP contribution in [0.15, 0.2) is 22.0 Å². The van der Waals surface area contributed by atoms with Crippen LogP contribution in [0.2, 0.25) is 0 Å². The zero-order chi connectivity index (χ0) is 5.82. The summed E-state index contributed by atoms with van der Waals surface area (Å²) < 4.78 is 0. The molecule has 0 radical (unpaired) electrons. The third-order valence-electron chi connectivity index (χ3n) is 1.01. The fourth-order valence-electron chi connectivity index (χ4n) is 0.560. The van der Waals surface area contributed by atoms with Crippen LogP contribution in [0.1, 0.15) is 6.42 Å². The smallest absolute Gasteiger partial charge is 0.0832 e. The molecular formula is C5H7ClN2. The molecule has 8 heavy (non-hydrogen) atoms. The molecule has 0 aromatic carbocycles. The lowest BCUT2D eigenvalue weighted by Gasteiger charge is -1.89. The molecule has 0 saturated carbocycles. The van der Waals surface area contributed by atoms with Gasteiger partial charge in [0.2, 0.25) is 0 Å². The summed E-state index contributed by atoms with van der Waals surface area (Å²) in [5, 5.41) is 7.44. The van der Waals surface area contributed by atoms with Crippen LogP contribution in [0, 0.1) is 0 Å². The Labute approximate surface area is 53.3 Å². The third-order valence-corrected chi connectivity index (χ3v) is 1.20. The standard InChI is InChI=1S/C5H7ClN2/c6-2-1-5-3-7-8-4-5/h3H,1-2,4H2. The van der Waals surface area contributed by atoms with Gasteiger partial charge in [0.05, 0.1) is 12.7 Å². The molecule has 2 nitrogen and oxygen atoms in total. The van der Waals surface area contributed by atoms with E-state index in [4.69, 9.17) is 11.6 Å². The minimum absolute atomic E-state index is 0.677. The Bertz CT molecular complexity index is 128. The zero-order valence-corrected chi connectivity index (χ0v) is 5.23. The fourth-order valence-corrected chi connectivity index (χ4v) is 0.803. The first-order valence-electron chi connectivity index (χ1n) is 2.54. The summed E-state index contributed by atoms with van der Waals surface area (Å²) in [5.74, 6) is 0.677. The molecule has 0 amide bonds. The normalized spacial score (nSPS) is 16.9. The lowest BCUT2D eigenvalue weighted by Crippen LogP contribution is -1.83. The molecule has 0 aromatic heterocycles. The maximum Gasteiger partial charge on any atom is 0.0832 e. The molecule has 0 spiro atoms. The second-order valence-electron chi connectivity index (χ2n) is 1.64. The van der Waals surface area contributed by atoms with Crippen molar-refractivity contribution in [3.05, 3.63) is 11.8 Å². The SMILES string of the molecule is ClCCC1=CN=NC1. The monoisotopic (exact) mass is 130 g/mol. The van der Waals surface area contributed by atoms with Crippen molar-refractivity contribution >= 4 is 11.6 Å². The van der Waals surface area contributed by atoms with E-state index in [1.807, 2.05) is 0 Å². The Balaban J connectivity index is 2.28. The number of hydrogen-bond acceptors (Lipinski definition) is 2. The maximum atomic E-state index is 5.46. The topological polar surface area (TPSA) is 24.7 Å². The molecule has 44 valence electrons. The molecule has 0 bridgehead atoms. The Kier molecular flexibility index (Phi) is 2.03. The van der Waals surface area contributed by atoms with Gasteiger partial charge >= 0.3 is 0 Å². The summed E-state index contributed by atoms with van der Waals surface area (Å²) in [7, 11) is 0. The first kappa shape index (κ1) is 5.76. The average molecular weight is 131 g/mol. The molecule has 1 aliphatic rings. The summed E-state index contributed by atoms with van der Waals surface area (Å²) in [6.07, 6.45) is 2.71. The molecular weight excluding hydrogens is 124 g/mol. The van der Waals surface area contributed by atoms with E-state index >= 15 is 0 Å². The van der Waals surface area contributed by atoms with Crippen LogP contribution in [0.5, 0.6) is 0 Å². The van der Waals surface area contributed by atoms with Crippen molar-refractivity contribution in [2.75, 3.05) is 12.4 Å². The van der Waals surface area contributed by atoms with Crippen molar-refractivity contribution in [2.24, 2.45) is 10.2 Å². The van der Waals surface area contributed by atoms with E-state index in [0.29, 0.717) is 5.88 Å². The number of nitrogens with zero attached hydrogens (tertiary/aromatic N) is 2. The number of halogens is 1. The number of alkyl halides is 1. The predicted octanol–water partition coefficient (Wildman–Crippen LogP) is 1.97. The third kappa shape index (κ3) is 1.30. The predicted molar refractivity (Wildman–Crippen MR) is 33.1 cm³/mol. The maximum absolute atomic E-state index is 5.46. The number of hydrogen-bond donors (Lipinski definition) is 0. The van der Waals surface area contributed by atoms with E-state index in [0.717, 1.165) is 13.0 Å². The highest BCUT2D eigenvalue weighted by Crippen LogP contribution is 2.08. The summed E-state index contributed by atoms with van der Waals surface area (Å²) >= 11 is 5.46. The van der Waals surface area contributed by atoms with E-state index in [1.54, 1.807) is 6.20 Å². The van der Waals surface area contributed by atoms with Crippen LogP contribution in [0.4, 0.5) is 0 Å². The van der Waals surface area contributed by atoms with Crippen molar-refractivity contribution < 1.29 is 0 Å². The lowest BCUT2D eigenvalue weighted by molar-refractivity contribution is 1.02. The van der Waals surface area contributed by atoms with Crippen molar-refractivity contribution in [1.82, 2.24) is 0 Å². The molecule has 1 rings (SSSR count). The zero-order valence-electron chi connectivity index (χ0n) is 4.47. The Morgan fingerprint density at radius 1 is 1.75 bits per heavy atom. The second kappa shape index (κ2) is 2.82. The molecule has 3 heteroatoms. The molecule has 1 aliphatic heterocycles. The largest absolute Gasteiger partial charge is 0.185 e. The summed E-state index contributed by atoms with van der Waals surface area (Å²) in [4.78, 5) is 0. The van der Waals surface area contributed by atoms with Crippen LogP contribution in [-0.4, -0.2) is 12.4 Å². The van der Waals surface area contributed by atoms with Crippen LogP contribution in [0.25, 0.3) is 0 Å². The van der Waals surface area contributed by atoms with E-state index < -0.39 is 0 Å². The highest BCUT2D eigenvalue weighted by molar-refractivity contribution is 6.18. The molecule has 0 aliphatic carbocycles. The van der Waals surface area contributed by atoms with Crippen molar-refractivity contribution in [1.29, 1.82) is 0 Å². The highest BCUT2D eigenvalue weighted by Gasteiger charge is 1.98. The quantitative estimate of drug-likeness (QED) is 0.511. The fraction of sp³-hybridized carbons (Fsp3) is 0.600. The molecule has 0 fully saturated rings. The van der Waals surface area contributed by atoms with Crippen LogP contribution in [0.3, 0.4) is 0 Å². The Morgan fingerprint density at radius 3 is 3.12 bits per heavy atom. The molecule has 0 aromatic rings. The van der Waals surface area contributed by atoms with Crippen molar-refractivity contribution in [2.45, 2.75) is 6.42 Å². The summed E-state index contributed by atoms with van der Waals surface area (Å²) in [6, 6.07) is 0. The van der Waals surface area contributed by atoms with E-state index in [-0.39, 0.29) is 0 Å². The van der Waals surface area contributed by atoms with Crippen LogP contribution in [-0.2, 0) is 0 Å². The van der Waals surface area contributed by atoms with E-state index in [2.05, 4.69) is 10.2 Å². The molecule has 0 saturated heterocycles. The van der Waals surface area contributed by atoms with Crippen LogP contribution < -0.4 is 0 Å². The highest BCUT2D eigenvalue weighted by atomic mass is 35.5. The number of azo groups is 1. The van der Waals surface area contributed by atoms with Gasteiger partial charge in [-0.3, -0.25) is 0 Å². The van der Waals surface area contributed by atoms with Gasteiger partial charge in [-0.2, -0.15) is 10.2 Å². The van der Waals surface area contributed by atoms with Crippen LogP contribution >= 0.6 is 11.6 Å². The minimum atomic E-state index is 0.677. The Morgan fingerprint density at radius 2 is 2.62 bits per heavy atom. The lowest BCUT2D eigenvalue weighted by atomic mass is 10.2. The first-order valence-corrected chi connectivity index (χ1v) is 3.07. The van der Waals surface area contributed by atoms with Gasteiger partial charge in [0.1, 0.15) is 0 Å². The first-order chi connectivity index (χ1) is 3.93. The molecule has 0 unspecified atom stereocenters. The van der Waals surface area contributed by atoms with Gasteiger partial charge in [0, 0.05) is 5.88 Å².